The molecule has 2 aromatic carbocycles. The quantitative estimate of drug-likeness (QED) is 0.757. The molecule has 0 aromatic heterocycles. The van der Waals surface area contributed by atoms with Crippen LogP contribution in [0.3, 0.4) is 0 Å². The van der Waals surface area contributed by atoms with Crippen molar-refractivity contribution in [3.8, 4) is 11.1 Å². The Morgan fingerprint density at radius 2 is 1.27 bits per heavy atom. The third kappa shape index (κ3) is 16.2. The van der Waals surface area contributed by atoms with Crippen LogP contribution in [0.4, 0.5) is 0 Å². The molecule has 0 saturated heterocycles. The third-order valence-corrected chi connectivity index (χ3v) is 2.52. The number of nitrogens with one attached hydrogen (secondary N) is 1. The number of amides is 2. The molecule has 0 unspecified atom stereocenters. The maximum absolute atomic E-state index is 9.76. The molecule has 0 aliphatic heterocycles. The highest BCUT2D eigenvalue weighted by Crippen LogP contribution is 2.18. The average Bonchev–Trinajstić information content (AvgIpc) is 2.72. The van der Waals surface area contributed by atoms with E-state index in [1.54, 1.807) is 0 Å². The molecule has 2 amide bonds. The first-order valence-corrected chi connectivity index (χ1v) is 9.21. The summed E-state index contributed by atoms with van der Waals surface area (Å²) >= 11 is 0. The second-order valence-electron chi connectivity index (χ2n) is 4.20. The Balaban J connectivity index is -0.000000349. The summed E-state index contributed by atoms with van der Waals surface area (Å²) in [6, 6.07) is 19.0. The van der Waals surface area contributed by atoms with Crippen molar-refractivity contribution in [3.63, 3.8) is 0 Å². The molecule has 4 nitrogen and oxygen atoms in total. The van der Waals surface area contributed by atoms with Crippen molar-refractivity contribution < 1.29 is 9.59 Å². The molecular weight excluding hydrogens is 324 g/mol. The Morgan fingerprint density at radius 1 is 0.846 bits per heavy atom. The zero-order chi connectivity index (χ0) is 20.8. The number of primary amides is 1. The number of benzene rings is 2. The predicted octanol–water partition coefficient (Wildman–Crippen LogP) is 4.96. The minimum absolute atomic E-state index is 0.0799. The highest BCUT2D eigenvalue weighted by atomic mass is 16.2. The van der Waals surface area contributed by atoms with Crippen LogP contribution >= 0.6 is 0 Å². The first-order valence-electron chi connectivity index (χ1n) is 9.21. The lowest BCUT2D eigenvalue weighted by atomic mass is 10.0. The smallest absolute Gasteiger partial charge is 0.236 e. The molecule has 146 valence electrons. The van der Waals surface area contributed by atoms with Gasteiger partial charge < -0.3 is 11.1 Å². The molecule has 26 heavy (non-hydrogen) atoms. The van der Waals surface area contributed by atoms with Crippen molar-refractivity contribution in [2.75, 3.05) is 6.54 Å². The van der Waals surface area contributed by atoms with Gasteiger partial charge in [0.25, 0.3) is 0 Å². The summed E-state index contributed by atoms with van der Waals surface area (Å²) in [5, 5.41) is 2.09. The molecule has 0 atom stereocenters. The lowest BCUT2D eigenvalue weighted by Gasteiger charge is -2.00. The Bertz CT molecular complexity index is 538. The number of rotatable bonds is 4. The molecular formula is C22H36N2O2. The number of hydrogen-bond donors (Lipinski definition) is 2. The zero-order valence-corrected chi connectivity index (χ0v) is 17.4. The van der Waals surface area contributed by atoms with E-state index < -0.39 is 5.91 Å². The van der Waals surface area contributed by atoms with Crippen LogP contribution in [0.5, 0.6) is 0 Å². The molecule has 4 heteroatoms. The van der Waals surface area contributed by atoms with E-state index in [4.69, 9.17) is 0 Å². The molecule has 0 radical (unpaired) electrons. The minimum Gasteiger partial charge on any atom is -0.368 e. The fourth-order valence-corrected chi connectivity index (χ4v) is 1.52. The van der Waals surface area contributed by atoms with Gasteiger partial charge in [0.15, 0.2) is 0 Å². The van der Waals surface area contributed by atoms with Gasteiger partial charge >= 0.3 is 0 Å². The molecule has 0 heterocycles. The van der Waals surface area contributed by atoms with Crippen LogP contribution in [0.25, 0.3) is 11.1 Å². The largest absolute Gasteiger partial charge is 0.368 e. The van der Waals surface area contributed by atoms with E-state index in [1.165, 1.54) is 16.7 Å². The monoisotopic (exact) mass is 360 g/mol. The second-order valence-corrected chi connectivity index (χ2v) is 4.20. The van der Waals surface area contributed by atoms with Crippen LogP contribution in [-0.4, -0.2) is 18.9 Å². The standard InChI is InChI=1S/C13H12.C3H6N2O2.3C2H6/c1-11-7-9-13(10-8-11)12-5-3-2-4-6-12;4-3(7)1-5-2-6;3*1-2/h2-10H,1H3;2H,1H2,(H2,4,7)(H,5,6);3*1-2H3. The van der Waals surface area contributed by atoms with Crippen molar-refractivity contribution in [1.29, 1.82) is 0 Å². The summed E-state index contributed by atoms with van der Waals surface area (Å²) in [6.45, 7) is 14.0. The maximum Gasteiger partial charge on any atom is 0.236 e. The highest BCUT2D eigenvalue weighted by Gasteiger charge is 1.93. The van der Waals surface area contributed by atoms with Gasteiger partial charge in [0.1, 0.15) is 0 Å². The summed E-state index contributed by atoms with van der Waals surface area (Å²) in [4.78, 5) is 19.1. The predicted molar refractivity (Wildman–Crippen MR) is 114 cm³/mol. The van der Waals surface area contributed by atoms with Crippen LogP contribution < -0.4 is 11.1 Å². The van der Waals surface area contributed by atoms with Crippen LogP contribution in [0.2, 0.25) is 0 Å². The highest BCUT2D eigenvalue weighted by molar-refractivity contribution is 5.77. The van der Waals surface area contributed by atoms with Gasteiger partial charge in [-0.2, -0.15) is 0 Å². The van der Waals surface area contributed by atoms with Gasteiger partial charge in [0.2, 0.25) is 12.3 Å². The number of hydrogen-bond acceptors (Lipinski definition) is 2. The molecule has 0 saturated carbocycles. The van der Waals surface area contributed by atoms with E-state index in [0.29, 0.717) is 6.41 Å². The van der Waals surface area contributed by atoms with Gasteiger partial charge in [0, 0.05) is 0 Å². The summed E-state index contributed by atoms with van der Waals surface area (Å²) in [5.74, 6) is -0.535. The molecule has 0 aliphatic rings. The van der Waals surface area contributed by atoms with Gasteiger partial charge in [-0.15, -0.1) is 0 Å². The maximum atomic E-state index is 9.76. The van der Waals surface area contributed by atoms with Gasteiger partial charge in [-0.05, 0) is 18.1 Å². The summed E-state index contributed by atoms with van der Waals surface area (Å²) in [7, 11) is 0. The fourth-order valence-electron chi connectivity index (χ4n) is 1.52. The van der Waals surface area contributed by atoms with E-state index >= 15 is 0 Å². The fraction of sp³-hybridized carbons (Fsp3) is 0.364. The van der Waals surface area contributed by atoms with E-state index in [9.17, 15) is 9.59 Å². The van der Waals surface area contributed by atoms with E-state index in [1.807, 2.05) is 47.6 Å². The van der Waals surface area contributed by atoms with Crippen molar-refractivity contribution >= 4 is 12.3 Å². The Labute approximate surface area is 159 Å². The summed E-state index contributed by atoms with van der Waals surface area (Å²) < 4.78 is 0. The Hall–Kier alpha value is -2.62. The minimum atomic E-state index is -0.535. The van der Waals surface area contributed by atoms with Crippen molar-refractivity contribution in [1.82, 2.24) is 5.32 Å². The second kappa shape index (κ2) is 22.4. The topological polar surface area (TPSA) is 72.2 Å². The molecule has 2 aromatic rings. The Kier molecular flexibility index (Phi) is 24.3. The Morgan fingerprint density at radius 3 is 1.62 bits per heavy atom. The van der Waals surface area contributed by atoms with E-state index in [0.717, 1.165) is 0 Å². The number of carbonyl (C=O) groups excluding carboxylic acids is 2. The van der Waals surface area contributed by atoms with E-state index in [-0.39, 0.29) is 6.54 Å². The molecule has 0 fully saturated rings. The zero-order valence-electron chi connectivity index (χ0n) is 17.4. The lowest BCUT2D eigenvalue weighted by Crippen LogP contribution is -2.27. The number of carbonyl (C=O) groups is 2. The number of nitrogens with two attached hydrogens (primary N) is 1. The van der Waals surface area contributed by atoms with Crippen molar-refractivity contribution in [3.05, 3.63) is 60.2 Å². The molecule has 3 N–H and O–H groups in total. The van der Waals surface area contributed by atoms with Crippen LogP contribution in [0.1, 0.15) is 47.1 Å². The van der Waals surface area contributed by atoms with Crippen molar-refractivity contribution in [2.45, 2.75) is 48.5 Å². The summed E-state index contributed by atoms with van der Waals surface area (Å²) in [6.07, 6.45) is 0.421. The van der Waals surface area contributed by atoms with Gasteiger partial charge in [-0.1, -0.05) is 102 Å². The normalized spacial score (nSPS) is 7.65. The van der Waals surface area contributed by atoms with Gasteiger partial charge in [-0.3, -0.25) is 9.59 Å². The van der Waals surface area contributed by atoms with Crippen LogP contribution in [-0.2, 0) is 9.59 Å². The molecule has 2 rings (SSSR count). The lowest BCUT2D eigenvalue weighted by molar-refractivity contribution is -0.119. The first kappa shape index (κ1) is 28.2. The van der Waals surface area contributed by atoms with Crippen LogP contribution in [0, 0.1) is 6.92 Å². The van der Waals surface area contributed by atoms with Crippen LogP contribution in [0.15, 0.2) is 54.6 Å². The average molecular weight is 361 g/mol. The summed E-state index contributed by atoms with van der Waals surface area (Å²) in [5.41, 5.74) is 8.49. The molecule has 0 aliphatic carbocycles. The third-order valence-electron chi connectivity index (χ3n) is 2.52. The van der Waals surface area contributed by atoms with Gasteiger partial charge in [0.05, 0.1) is 6.54 Å². The van der Waals surface area contributed by atoms with Gasteiger partial charge in [-0.25, -0.2) is 0 Å². The van der Waals surface area contributed by atoms with Crippen molar-refractivity contribution in [2.24, 2.45) is 5.73 Å². The first-order chi connectivity index (χ1) is 12.6. The molecule has 0 bridgehead atoms. The molecule has 0 spiro atoms. The number of aryl methyl sites for hydroxylation is 1. The SMILES string of the molecule is CC.CC.CC.Cc1ccc(-c2ccccc2)cc1.NC(=O)CNC=O. The van der Waals surface area contributed by atoms with E-state index in [2.05, 4.69) is 66.5 Å².